The zero-order valence-corrected chi connectivity index (χ0v) is 16.7. The molecule has 0 aliphatic carbocycles. The molecule has 138 valence electrons. The molecule has 0 radical (unpaired) electrons. The third kappa shape index (κ3) is 3.63. The second kappa shape index (κ2) is 8.09. The minimum absolute atomic E-state index is 0.196. The Bertz CT molecular complexity index is 1020. The van der Waals surface area contributed by atoms with Crippen LogP contribution in [0.1, 0.15) is 27.8 Å². The first-order chi connectivity index (χ1) is 13.7. The fourth-order valence-corrected chi connectivity index (χ4v) is 4.47. The lowest BCUT2D eigenvalue weighted by Crippen LogP contribution is -2.23. The summed E-state index contributed by atoms with van der Waals surface area (Å²) < 4.78 is 13.7. The molecule has 4 aromatic rings. The van der Waals surface area contributed by atoms with E-state index in [1.165, 1.54) is 28.3 Å². The smallest absolute Gasteiger partial charge is 0.123 e. The molecule has 0 nitrogen and oxygen atoms in total. The van der Waals surface area contributed by atoms with E-state index in [1.54, 1.807) is 12.1 Å². The molecule has 1 atom stereocenters. The van der Waals surface area contributed by atoms with Crippen molar-refractivity contribution in [2.24, 2.45) is 0 Å². The Morgan fingerprint density at radius 1 is 0.643 bits per heavy atom. The molecule has 0 aromatic heterocycles. The second-order valence-electron chi connectivity index (χ2n) is 7.00. The van der Waals surface area contributed by atoms with Crippen LogP contribution in [0.15, 0.2) is 109 Å². The molecule has 4 aromatic carbocycles. The molecule has 0 saturated carbocycles. The SMILES string of the molecule is Fc1cccc(Cc2ccccc2C(P)(c2ccccc2)c2ccccc2)c1. The molecule has 2 heteroatoms. The summed E-state index contributed by atoms with van der Waals surface area (Å²) in [4.78, 5) is 0. The fourth-order valence-electron chi connectivity index (χ4n) is 3.81. The number of benzene rings is 4. The van der Waals surface area contributed by atoms with Crippen LogP contribution in [0.5, 0.6) is 0 Å². The molecule has 0 N–H and O–H groups in total. The van der Waals surface area contributed by atoms with Crippen molar-refractivity contribution in [2.75, 3.05) is 0 Å². The van der Waals surface area contributed by atoms with Crippen molar-refractivity contribution in [3.05, 3.63) is 143 Å². The van der Waals surface area contributed by atoms with Crippen LogP contribution in [0.4, 0.5) is 4.39 Å². The molecule has 0 fully saturated rings. The fraction of sp³-hybridized carbons (Fsp3) is 0.0769. The van der Waals surface area contributed by atoms with E-state index in [-0.39, 0.29) is 11.0 Å². The van der Waals surface area contributed by atoms with Gasteiger partial charge < -0.3 is 0 Å². The Labute approximate surface area is 168 Å². The van der Waals surface area contributed by atoms with Gasteiger partial charge in [0.1, 0.15) is 5.82 Å². The van der Waals surface area contributed by atoms with Crippen molar-refractivity contribution >= 4 is 9.24 Å². The van der Waals surface area contributed by atoms with Gasteiger partial charge in [0.15, 0.2) is 0 Å². The standard InChI is InChI=1S/C26H22FP/c27-24-16-9-10-20(19-24)18-21-11-7-8-17-25(21)26(28,22-12-3-1-4-13-22)23-14-5-2-6-15-23/h1-17,19H,18,28H2. The summed E-state index contributed by atoms with van der Waals surface area (Å²) in [5, 5.41) is -0.383. The molecule has 1 unspecified atom stereocenters. The van der Waals surface area contributed by atoms with Crippen molar-refractivity contribution in [1.29, 1.82) is 0 Å². The Balaban J connectivity index is 1.89. The van der Waals surface area contributed by atoms with Crippen LogP contribution in [0.3, 0.4) is 0 Å². The minimum Gasteiger partial charge on any atom is -0.207 e. The zero-order valence-electron chi connectivity index (χ0n) is 15.6. The van der Waals surface area contributed by atoms with Crippen molar-refractivity contribution < 1.29 is 4.39 Å². The molecule has 0 aliphatic heterocycles. The van der Waals surface area contributed by atoms with E-state index >= 15 is 0 Å². The lowest BCUT2D eigenvalue weighted by Gasteiger charge is -2.33. The van der Waals surface area contributed by atoms with E-state index in [1.807, 2.05) is 18.2 Å². The second-order valence-corrected chi connectivity index (χ2v) is 7.87. The average molecular weight is 384 g/mol. The van der Waals surface area contributed by atoms with Crippen LogP contribution < -0.4 is 0 Å². The Kier molecular flexibility index (Phi) is 5.37. The highest BCUT2D eigenvalue weighted by molar-refractivity contribution is 7.19. The summed E-state index contributed by atoms with van der Waals surface area (Å²) in [6.07, 6.45) is 0.684. The highest BCUT2D eigenvalue weighted by Gasteiger charge is 2.33. The molecule has 0 heterocycles. The first-order valence-electron chi connectivity index (χ1n) is 9.40. The first-order valence-corrected chi connectivity index (χ1v) is 9.98. The van der Waals surface area contributed by atoms with Gasteiger partial charge in [0.25, 0.3) is 0 Å². The summed E-state index contributed by atoms with van der Waals surface area (Å²) in [5.74, 6) is -0.196. The van der Waals surface area contributed by atoms with Crippen molar-refractivity contribution in [3.63, 3.8) is 0 Å². The van der Waals surface area contributed by atoms with Crippen LogP contribution in [-0.4, -0.2) is 0 Å². The van der Waals surface area contributed by atoms with Crippen LogP contribution >= 0.6 is 9.24 Å². The van der Waals surface area contributed by atoms with Crippen LogP contribution in [0, 0.1) is 5.82 Å². The third-order valence-corrected chi connectivity index (χ3v) is 6.16. The third-order valence-electron chi connectivity index (χ3n) is 5.18. The van der Waals surface area contributed by atoms with Gasteiger partial charge in [0, 0.05) is 0 Å². The summed E-state index contributed by atoms with van der Waals surface area (Å²) in [6, 6.07) is 36.4. The largest absolute Gasteiger partial charge is 0.207 e. The maximum absolute atomic E-state index is 13.7. The summed E-state index contributed by atoms with van der Waals surface area (Å²) in [5.41, 5.74) is 5.79. The van der Waals surface area contributed by atoms with Crippen molar-refractivity contribution in [3.8, 4) is 0 Å². The molecule has 0 spiro atoms. The van der Waals surface area contributed by atoms with E-state index in [9.17, 15) is 4.39 Å². The Morgan fingerprint density at radius 2 is 1.21 bits per heavy atom. The van der Waals surface area contributed by atoms with Gasteiger partial charge in [-0.3, -0.25) is 0 Å². The van der Waals surface area contributed by atoms with Gasteiger partial charge in [-0.1, -0.05) is 97.1 Å². The van der Waals surface area contributed by atoms with Gasteiger partial charge in [0.2, 0.25) is 0 Å². The number of hydrogen-bond donors (Lipinski definition) is 0. The highest BCUT2D eigenvalue weighted by atomic mass is 31.0. The first kappa shape index (κ1) is 18.6. The van der Waals surface area contributed by atoms with Gasteiger partial charge in [-0.15, -0.1) is 9.24 Å². The maximum atomic E-state index is 13.7. The molecule has 0 amide bonds. The number of rotatable bonds is 5. The Morgan fingerprint density at radius 3 is 1.82 bits per heavy atom. The van der Waals surface area contributed by atoms with E-state index < -0.39 is 0 Å². The van der Waals surface area contributed by atoms with Crippen LogP contribution in [-0.2, 0) is 11.6 Å². The monoisotopic (exact) mass is 384 g/mol. The number of hydrogen-bond acceptors (Lipinski definition) is 0. The van der Waals surface area contributed by atoms with Crippen LogP contribution in [0.2, 0.25) is 0 Å². The maximum Gasteiger partial charge on any atom is 0.123 e. The van der Waals surface area contributed by atoms with Gasteiger partial charge in [0.05, 0.1) is 5.16 Å². The predicted octanol–water partition coefficient (Wildman–Crippen LogP) is 6.58. The van der Waals surface area contributed by atoms with Crippen molar-refractivity contribution in [2.45, 2.75) is 11.6 Å². The number of halogens is 1. The molecular formula is C26H22FP. The van der Waals surface area contributed by atoms with Gasteiger partial charge >= 0.3 is 0 Å². The van der Waals surface area contributed by atoms with Gasteiger partial charge in [-0.05, 0) is 46.4 Å². The normalized spacial score (nSPS) is 11.4. The summed E-state index contributed by atoms with van der Waals surface area (Å²) in [7, 11) is 3.10. The van der Waals surface area contributed by atoms with Gasteiger partial charge in [-0.2, -0.15) is 0 Å². The van der Waals surface area contributed by atoms with E-state index in [0.29, 0.717) is 6.42 Å². The molecular weight excluding hydrogens is 362 g/mol. The zero-order chi connectivity index (χ0) is 19.4. The topological polar surface area (TPSA) is 0 Å². The van der Waals surface area contributed by atoms with Crippen LogP contribution in [0.25, 0.3) is 0 Å². The van der Waals surface area contributed by atoms with Gasteiger partial charge in [-0.25, -0.2) is 4.39 Å². The lowest BCUT2D eigenvalue weighted by molar-refractivity contribution is 0.626. The Hall–Kier alpha value is -2.76. The van der Waals surface area contributed by atoms with E-state index in [2.05, 4.69) is 82.0 Å². The molecule has 0 aliphatic rings. The highest BCUT2D eigenvalue weighted by Crippen LogP contribution is 2.46. The lowest BCUT2D eigenvalue weighted by atomic mass is 9.80. The summed E-state index contributed by atoms with van der Waals surface area (Å²) in [6.45, 7) is 0. The average Bonchev–Trinajstić information content (AvgIpc) is 2.75. The minimum atomic E-state index is -0.383. The molecule has 28 heavy (non-hydrogen) atoms. The predicted molar refractivity (Wildman–Crippen MR) is 118 cm³/mol. The quantitative estimate of drug-likeness (QED) is 0.269. The molecule has 0 saturated heterocycles. The van der Waals surface area contributed by atoms with E-state index in [4.69, 9.17) is 0 Å². The van der Waals surface area contributed by atoms with E-state index in [0.717, 1.165) is 5.56 Å². The molecule has 0 bridgehead atoms. The molecule has 4 rings (SSSR count). The summed E-state index contributed by atoms with van der Waals surface area (Å²) >= 11 is 0. The van der Waals surface area contributed by atoms with Crippen molar-refractivity contribution in [1.82, 2.24) is 0 Å².